The molecule has 100 valence electrons. The van der Waals surface area contributed by atoms with Gasteiger partial charge in [-0.2, -0.15) is 5.10 Å². The number of ether oxygens (including phenoxy) is 1. The Bertz CT molecular complexity index is 389. The van der Waals surface area contributed by atoms with E-state index in [4.69, 9.17) is 0 Å². The van der Waals surface area contributed by atoms with E-state index >= 15 is 0 Å². The van der Waals surface area contributed by atoms with Gasteiger partial charge in [-0.3, -0.25) is 14.3 Å². The number of nitrogens with zero attached hydrogens (tertiary/aromatic N) is 3. The Morgan fingerprint density at radius 1 is 1.50 bits per heavy atom. The van der Waals surface area contributed by atoms with Gasteiger partial charge < -0.3 is 9.64 Å². The van der Waals surface area contributed by atoms with E-state index in [-0.39, 0.29) is 17.8 Å². The van der Waals surface area contributed by atoms with Gasteiger partial charge in [-0.1, -0.05) is 6.92 Å². The average Bonchev–Trinajstić information content (AvgIpc) is 2.87. The summed E-state index contributed by atoms with van der Waals surface area (Å²) in [4.78, 5) is 24.6. The molecule has 1 rings (SSSR count). The van der Waals surface area contributed by atoms with Crippen molar-refractivity contribution in [3.05, 3.63) is 18.5 Å². The van der Waals surface area contributed by atoms with Crippen LogP contribution in [0.4, 0.5) is 0 Å². The third kappa shape index (κ3) is 4.20. The van der Waals surface area contributed by atoms with Gasteiger partial charge >= 0.3 is 5.97 Å². The molecule has 0 radical (unpaired) electrons. The highest BCUT2D eigenvalue weighted by Gasteiger charge is 2.18. The summed E-state index contributed by atoms with van der Waals surface area (Å²) >= 11 is 0. The van der Waals surface area contributed by atoms with Gasteiger partial charge in [0.2, 0.25) is 5.91 Å². The lowest BCUT2D eigenvalue weighted by atomic mass is 10.1. The van der Waals surface area contributed by atoms with Gasteiger partial charge in [0.15, 0.2) is 0 Å². The number of aryl methyl sites for hydroxylation is 1. The molecule has 1 unspecified atom stereocenters. The average molecular weight is 253 g/mol. The normalized spacial score (nSPS) is 11.9. The highest BCUT2D eigenvalue weighted by molar-refractivity contribution is 5.77. The molecule has 6 nitrogen and oxygen atoms in total. The van der Waals surface area contributed by atoms with Crippen LogP contribution in [0.3, 0.4) is 0 Å². The molecule has 0 saturated heterocycles. The van der Waals surface area contributed by atoms with E-state index < -0.39 is 0 Å². The van der Waals surface area contributed by atoms with Crippen LogP contribution in [0.1, 0.15) is 13.3 Å². The summed E-state index contributed by atoms with van der Waals surface area (Å²) in [5.41, 5.74) is 0. The van der Waals surface area contributed by atoms with Gasteiger partial charge in [-0.05, 0) is 6.07 Å². The molecule has 0 bridgehead atoms. The largest absolute Gasteiger partial charge is 0.469 e. The number of hydrogen-bond acceptors (Lipinski definition) is 4. The number of amides is 1. The van der Waals surface area contributed by atoms with Gasteiger partial charge in [-0.25, -0.2) is 0 Å². The van der Waals surface area contributed by atoms with Gasteiger partial charge in [0.1, 0.15) is 0 Å². The fourth-order valence-corrected chi connectivity index (χ4v) is 1.62. The lowest BCUT2D eigenvalue weighted by Gasteiger charge is -2.20. The zero-order chi connectivity index (χ0) is 13.5. The maximum atomic E-state index is 11.8. The SMILES string of the molecule is COC(=O)C(C)CN(C)C(=O)CCn1cccn1. The summed E-state index contributed by atoms with van der Waals surface area (Å²) in [5.74, 6) is -0.628. The van der Waals surface area contributed by atoms with Crippen LogP contribution in [-0.4, -0.2) is 47.3 Å². The molecule has 0 aliphatic heterocycles. The molecule has 0 aromatic carbocycles. The molecule has 1 heterocycles. The highest BCUT2D eigenvalue weighted by Crippen LogP contribution is 2.03. The maximum Gasteiger partial charge on any atom is 0.310 e. The first-order chi connectivity index (χ1) is 8.54. The van der Waals surface area contributed by atoms with Crippen LogP contribution in [0.25, 0.3) is 0 Å². The van der Waals surface area contributed by atoms with Crippen molar-refractivity contribution in [2.24, 2.45) is 5.92 Å². The van der Waals surface area contributed by atoms with Gasteiger partial charge in [0.25, 0.3) is 0 Å². The second kappa shape index (κ2) is 6.78. The summed E-state index contributed by atoms with van der Waals surface area (Å²) in [6.07, 6.45) is 3.85. The van der Waals surface area contributed by atoms with E-state index in [0.29, 0.717) is 19.5 Å². The van der Waals surface area contributed by atoms with E-state index in [2.05, 4.69) is 9.84 Å². The summed E-state index contributed by atoms with van der Waals surface area (Å²) in [7, 11) is 3.03. The lowest BCUT2D eigenvalue weighted by molar-refractivity contribution is -0.146. The first kappa shape index (κ1) is 14.2. The minimum atomic E-state index is -0.311. The quantitative estimate of drug-likeness (QED) is 0.694. The van der Waals surface area contributed by atoms with Crippen LogP contribution in [-0.2, 0) is 20.9 Å². The summed E-state index contributed by atoms with van der Waals surface area (Å²) in [5, 5.41) is 4.02. The monoisotopic (exact) mass is 253 g/mol. The molecule has 0 aliphatic carbocycles. The van der Waals surface area contributed by atoms with Gasteiger partial charge in [-0.15, -0.1) is 0 Å². The molecular weight excluding hydrogens is 234 g/mol. The number of carbonyl (C=O) groups is 2. The lowest BCUT2D eigenvalue weighted by Crippen LogP contribution is -2.34. The topological polar surface area (TPSA) is 64.4 Å². The van der Waals surface area contributed by atoms with Crippen molar-refractivity contribution in [2.75, 3.05) is 20.7 Å². The van der Waals surface area contributed by atoms with Crippen LogP contribution < -0.4 is 0 Å². The first-order valence-corrected chi connectivity index (χ1v) is 5.83. The van der Waals surface area contributed by atoms with E-state index in [1.54, 1.807) is 29.7 Å². The molecule has 0 spiro atoms. The number of hydrogen-bond donors (Lipinski definition) is 0. The summed E-state index contributed by atoms with van der Waals surface area (Å²) < 4.78 is 6.32. The van der Waals surface area contributed by atoms with Crippen LogP contribution in [0.15, 0.2) is 18.5 Å². The Kier molecular flexibility index (Phi) is 5.35. The van der Waals surface area contributed by atoms with Crippen molar-refractivity contribution in [2.45, 2.75) is 19.9 Å². The second-order valence-electron chi connectivity index (χ2n) is 4.22. The van der Waals surface area contributed by atoms with Crippen molar-refractivity contribution in [3.8, 4) is 0 Å². The Hall–Kier alpha value is -1.85. The Morgan fingerprint density at radius 2 is 2.22 bits per heavy atom. The van der Waals surface area contributed by atoms with Crippen molar-refractivity contribution >= 4 is 11.9 Å². The number of rotatable bonds is 6. The fraction of sp³-hybridized carbons (Fsp3) is 0.583. The summed E-state index contributed by atoms with van der Waals surface area (Å²) in [6, 6.07) is 1.81. The van der Waals surface area contributed by atoms with Crippen LogP contribution in [0.2, 0.25) is 0 Å². The minimum absolute atomic E-state index is 0.0127. The zero-order valence-corrected chi connectivity index (χ0v) is 11.0. The van der Waals surface area contributed by atoms with Crippen LogP contribution >= 0.6 is 0 Å². The number of carbonyl (C=O) groups excluding carboxylic acids is 2. The minimum Gasteiger partial charge on any atom is -0.469 e. The number of aromatic nitrogens is 2. The van der Waals surface area contributed by atoms with Gasteiger partial charge in [0.05, 0.1) is 13.0 Å². The third-order valence-corrected chi connectivity index (χ3v) is 2.69. The van der Waals surface area contributed by atoms with E-state index in [9.17, 15) is 9.59 Å². The molecule has 18 heavy (non-hydrogen) atoms. The number of methoxy groups -OCH3 is 1. The Labute approximate surface area is 107 Å². The summed E-state index contributed by atoms with van der Waals surface area (Å²) in [6.45, 7) is 2.65. The predicted octanol–water partition coefficient (Wildman–Crippen LogP) is 0.541. The molecule has 1 aromatic heterocycles. The maximum absolute atomic E-state index is 11.8. The first-order valence-electron chi connectivity index (χ1n) is 5.83. The molecule has 1 aromatic rings. The van der Waals surface area contributed by atoms with Crippen molar-refractivity contribution < 1.29 is 14.3 Å². The molecule has 0 N–H and O–H groups in total. The molecule has 0 aliphatic rings. The number of esters is 1. The zero-order valence-electron chi connectivity index (χ0n) is 11.0. The highest BCUT2D eigenvalue weighted by atomic mass is 16.5. The van der Waals surface area contributed by atoms with Gasteiger partial charge in [0, 0.05) is 39.0 Å². The van der Waals surface area contributed by atoms with E-state index in [1.807, 2.05) is 12.3 Å². The van der Waals surface area contributed by atoms with Crippen molar-refractivity contribution in [3.63, 3.8) is 0 Å². The van der Waals surface area contributed by atoms with E-state index in [0.717, 1.165) is 0 Å². The predicted molar refractivity (Wildman–Crippen MR) is 65.7 cm³/mol. The molecule has 1 atom stereocenters. The Morgan fingerprint density at radius 3 is 2.78 bits per heavy atom. The molecule has 0 fully saturated rings. The van der Waals surface area contributed by atoms with E-state index in [1.165, 1.54) is 7.11 Å². The molecule has 0 saturated carbocycles. The van der Waals surface area contributed by atoms with Crippen molar-refractivity contribution in [1.29, 1.82) is 0 Å². The van der Waals surface area contributed by atoms with Crippen LogP contribution in [0.5, 0.6) is 0 Å². The second-order valence-corrected chi connectivity index (χ2v) is 4.22. The molecular formula is C12H19N3O3. The van der Waals surface area contributed by atoms with Crippen LogP contribution in [0, 0.1) is 5.92 Å². The fourth-order valence-electron chi connectivity index (χ4n) is 1.62. The standard InChI is InChI=1S/C12H19N3O3/c1-10(12(17)18-3)9-14(2)11(16)5-8-15-7-4-6-13-15/h4,6-7,10H,5,8-9H2,1-3H3. The Balaban J connectivity index is 2.34. The molecule has 6 heteroatoms. The van der Waals surface area contributed by atoms with Crippen molar-refractivity contribution in [1.82, 2.24) is 14.7 Å². The smallest absolute Gasteiger partial charge is 0.310 e. The molecule has 1 amide bonds. The third-order valence-electron chi connectivity index (χ3n) is 2.69.